The number of hydrogen-bond acceptors (Lipinski definition) is 7. The third-order valence-corrected chi connectivity index (χ3v) is 7.38. The molecule has 0 bridgehead atoms. The maximum atomic E-state index is 13.2. The van der Waals surface area contributed by atoms with Crippen molar-refractivity contribution >= 4 is 10.0 Å². The van der Waals surface area contributed by atoms with Crippen LogP contribution in [0.25, 0.3) is 11.5 Å². The van der Waals surface area contributed by atoms with Crippen LogP contribution in [0, 0.1) is 6.92 Å². The summed E-state index contributed by atoms with van der Waals surface area (Å²) in [5.41, 5.74) is 1.56. The first-order valence-corrected chi connectivity index (χ1v) is 11.5. The first-order valence-electron chi connectivity index (χ1n) is 10.0. The second kappa shape index (κ2) is 8.68. The third-order valence-electron chi connectivity index (χ3n) is 5.52. The predicted octanol–water partition coefficient (Wildman–Crippen LogP) is 3.63. The number of piperidine rings is 1. The molecule has 0 unspecified atom stereocenters. The molecular formula is C22H25N3O5S. The minimum absolute atomic E-state index is 0.151. The van der Waals surface area contributed by atoms with Crippen molar-refractivity contribution in [1.29, 1.82) is 0 Å². The van der Waals surface area contributed by atoms with Crippen molar-refractivity contribution in [3.8, 4) is 23.0 Å². The fourth-order valence-corrected chi connectivity index (χ4v) is 5.38. The summed E-state index contributed by atoms with van der Waals surface area (Å²) in [5, 5.41) is 8.35. The summed E-state index contributed by atoms with van der Waals surface area (Å²) in [6, 6.07) is 12.3. The maximum Gasteiger partial charge on any atom is 0.247 e. The van der Waals surface area contributed by atoms with Crippen molar-refractivity contribution in [2.24, 2.45) is 0 Å². The minimum atomic E-state index is -3.63. The largest absolute Gasteiger partial charge is 0.497 e. The van der Waals surface area contributed by atoms with Crippen LogP contribution in [-0.4, -0.2) is 50.2 Å². The zero-order valence-corrected chi connectivity index (χ0v) is 18.6. The van der Waals surface area contributed by atoms with Crippen molar-refractivity contribution < 1.29 is 22.3 Å². The van der Waals surface area contributed by atoms with Gasteiger partial charge in [-0.3, -0.25) is 0 Å². The van der Waals surface area contributed by atoms with Crippen molar-refractivity contribution in [1.82, 2.24) is 14.5 Å². The van der Waals surface area contributed by atoms with E-state index in [-0.39, 0.29) is 10.8 Å². The van der Waals surface area contributed by atoms with E-state index in [4.69, 9.17) is 13.9 Å². The van der Waals surface area contributed by atoms with Gasteiger partial charge in [-0.15, -0.1) is 10.2 Å². The van der Waals surface area contributed by atoms with Crippen LogP contribution in [-0.2, 0) is 10.0 Å². The number of hydrogen-bond donors (Lipinski definition) is 0. The summed E-state index contributed by atoms with van der Waals surface area (Å²) in [5.74, 6) is 2.11. The summed E-state index contributed by atoms with van der Waals surface area (Å²) in [6.45, 7) is 2.59. The lowest BCUT2D eigenvalue weighted by molar-refractivity contribution is 0.286. The Hall–Kier alpha value is -2.91. The fourth-order valence-electron chi connectivity index (χ4n) is 3.77. The summed E-state index contributed by atoms with van der Waals surface area (Å²) in [4.78, 5) is 0.260. The number of sulfonamides is 1. The molecule has 0 radical (unpaired) electrons. The molecule has 9 heteroatoms. The molecule has 0 N–H and O–H groups in total. The van der Waals surface area contributed by atoms with Gasteiger partial charge in [0.25, 0.3) is 0 Å². The second-order valence-corrected chi connectivity index (χ2v) is 9.45. The monoisotopic (exact) mass is 443 g/mol. The minimum Gasteiger partial charge on any atom is -0.497 e. The molecule has 0 aliphatic carbocycles. The molecule has 2 heterocycles. The number of ether oxygens (including phenoxy) is 2. The molecule has 1 aliphatic heterocycles. The van der Waals surface area contributed by atoms with Crippen LogP contribution in [0.2, 0.25) is 0 Å². The maximum absolute atomic E-state index is 13.2. The van der Waals surface area contributed by atoms with Gasteiger partial charge in [-0.1, -0.05) is 0 Å². The van der Waals surface area contributed by atoms with Gasteiger partial charge in [0.2, 0.25) is 21.8 Å². The smallest absolute Gasteiger partial charge is 0.247 e. The average molecular weight is 444 g/mol. The van der Waals surface area contributed by atoms with Gasteiger partial charge < -0.3 is 13.9 Å². The highest BCUT2D eigenvalue weighted by Gasteiger charge is 2.33. The topological polar surface area (TPSA) is 94.8 Å². The Bertz CT molecular complexity index is 1160. The number of rotatable bonds is 6. The zero-order valence-electron chi connectivity index (χ0n) is 17.7. The highest BCUT2D eigenvalue weighted by atomic mass is 32.2. The molecule has 0 amide bonds. The second-order valence-electron chi connectivity index (χ2n) is 7.51. The number of methoxy groups -OCH3 is 2. The van der Waals surface area contributed by atoms with Crippen LogP contribution >= 0.6 is 0 Å². The van der Waals surface area contributed by atoms with Crippen LogP contribution in [0.15, 0.2) is 51.8 Å². The SMILES string of the molecule is COc1ccc(-c2nnc([C@@H]3CCCN(S(=O)(=O)c4ccc(OC)c(C)c4)C3)o2)cc1. The van der Waals surface area contributed by atoms with Crippen LogP contribution in [0.3, 0.4) is 0 Å². The standard InChI is InChI=1S/C22H25N3O5S/c1-15-13-19(10-11-20(15)29-3)31(26,27)25-12-4-5-17(14-25)22-24-23-21(30-22)16-6-8-18(28-2)9-7-16/h6-11,13,17H,4-5,12,14H2,1-3H3/t17-/m1/s1. The van der Waals surface area contributed by atoms with E-state index in [1.54, 1.807) is 32.4 Å². The van der Waals surface area contributed by atoms with Crippen LogP contribution in [0.5, 0.6) is 11.5 Å². The summed E-state index contributed by atoms with van der Waals surface area (Å²) < 4.78 is 44.2. The molecule has 164 valence electrons. The van der Waals surface area contributed by atoms with Gasteiger partial charge in [0, 0.05) is 18.7 Å². The summed E-state index contributed by atoms with van der Waals surface area (Å²) >= 11 is 0. The normalized spacial score (nSPS) is 17.5. The lowest BCUT2D eigenvalue weighted by Gasteiger charge is -2.30. The quantitative estimate of drug-likeness (QED) is 0.574. The van der Waals surface area contributed by atoms with Gasteiger partial charge in [0.15, 0.2) is 0 Å². The van der Waals surface area contributed by atoms with Crippen molar-refractivity contribution in [3.63, 3.8) is 0 Å². The summed E-state index contributed by atoms with van der Waals surface area (Å²) in [7, 11) is -0.457. The molecule has 1 aliphatic rings. The number of aromatic nitrogens is 2. The molecule has 4 rings (SSSR count). The van der Waals surface area contributed by atoms with E-state index >= 15 is 0 Å². The van der Waals surface area contributed by atoms with Crippen LogP contribution in [0.1, 0.15) is 30.2 Å². The molecule has 3 aromatic rings. The number of aryl methyl sites for hydroxylation is 1. The van der Waals surface area contributed by atoms with E-state index in [0.717, 1.165) is 29.7 Å². The van der Waals surface area contributed by atoms with Crippen LogP contribution in [0.4, 0.5) is 0 Å². The van der Waals surface area contributed by atoms with Crippen molar-refractivity contribution in [3.05, 3.63) is 53.9 Å². The Morgan fingerprint density at radius 3 is 2.52 bits per heavy atom. The fraction of sp³-hybridized carbons (Fsp3) is 0.364. The predicted molar refractivity (Wildman–Crippen MR) is 115 cm³/mol. The Morgan fingerprint density at radius 2 is 1.84 bits per heavy atom. The highest BCUT2D eigenvalue weighted by molar-refractivity contribution is 7.89. The Labute approximate surface area is 181 Å². The molecule has 8 nitrogen and oxygen atoms in total. The van der Waals surface area contributed by atoms with Crippen LogP contribution < -0.4 is 9.47 Å². The van der Waals surface area contributed by atoms with Crippen molar-refractivity contribution in [2.75, 3.05) is 27.3 Å². The molecule has 0 saturated carbocycles. The first-order chi connectivity index (χ1) is 14.9. The number of benzene rings is 2. The van der Waals surface area contributed by atoms with E-state index < -0.39 is 10.0 Å². The van der Waals surface area contributed by atoms with E-state index in [9.17, 15) is 8.42 Å². The summed E-state index contributed by atoms with van der Waals surface area (Å²) in [6.07, 6.45) is 1.51. The van der Waals surface area contributed by atoms with E-state index in [0.29, 0.717) is 30.6 Å². The van der Waals surface area contributed by atoms with E-state index in [1.165, 1.54) is 4.31 Å². The van der Waals surface area contributed by atoms with Gasteiger partial charge in [0.05, 0.1) is 25.0 Å². The van der Waals surface area contributed by atoms with E-state index in [1.807, 2.05) is 31.2 Å². The Kier molecular flexibility index (Phi) is 5.97. The highest BCUT2D eigenvalue weighted by Crippen LogP contribution is 2.32. The Balaban J connectivity index is 1.53. The molecule has 2 aromatic carbocycles. The first kappa shape index (κ1) is 21.3. The molecule has 1 fully saturated rings. The zero-order chi connectivity index (χ0) is 22.0. The third kappa shape index (κ3) is 4.28. The molecule has 1 saturated heterocycles. The molecule has 1 atom stereocenters. The lowest BCUT2D eigenvalue weighted by atomic mass is 10.00. The van der Waals surface area contributed by atoms with Crippen molar-refractivity contribution in [2.45, 2.75) is 30.6 Å². The van der Waals surface area contributed by atoms with E-state index in [2.05, 4.69) is 10.2 Å². The molecule has 0 spiro atoms. The Morgan fingerprint density at radius 1 is 1.06 bits per heavy atom. The number of nitrogens with zero attached hydrogens (tertiary/aromatic N) is 3. The molecule has 31 heavy (non-hydrogen) atoms. The molecule has 1 aromatic heterocycles. The average Bonchev–Trinajstić information content (AvgIpc) is 3.29. The molecular weight excluding hydrogens is 418 g/mol. The van der Waals surface area contributed by atoms with Gasteiger partial charge in [0.1, 0.15) is 11.5 Å². The van der Waals surface area contributed by atoms with Gasteiger partial charge >= 0.3 is 0 Å². The van der Waals surface area contributed by atoms with Gasteiger partial charge in [-0.05, 0) is 67.8 Å². The lowest BCUT2D eigenvalue weighted by Crippen LogP contribution is -2.39. The van der Waals surface area contributed by atoms with Gasteiger partial charge in [-0.25, -0.2) is 8.42 Å². The van der Waals surface area contributed by atoms with Gasteiger partial charge in [-0.2, -0.15) is 4.31 Å².